The van der Waals surface area contributed by atoms with Gasteiger partial charge in [0.25, 0.3) is 5.91 Å². The SMILES string of the molecule is CN(Cc1ccc(OC(F)F)cc1)C(=O)COC(=O)c1ccc(NC(=O)C2CC2)cc1. The summed E-state index contributed by atoms with van der Waals surface area (Å²) < 4.78 is 33.7. The maximum atomic E-state index is 12.2. The second kappa shape index (κ2) is 10.0. The molecule has 1 saturated carbocycles. The van der Waals surface area contributed by atoms with Crippen molar-refractivity contribution >= 4 is 23.5 Å². The van der Waals surface area contributed by atoms with E-state index in [1.54, 1.807) is 24.3 Å². The summed E-state index contributed by atoms with van der Waals surface area (Å²) in [7, 11) is 1.54. The summed E-state index contributed by atoms with van der Waals surface area (Å²) in [6.45, 7) is -3.13. The molecule has 7 nitrogen and oxygen atoms in total. The number of anilines is 1. The molecule has 31 heavy (non-hydrogen) atoms. The Labute approximate surface area is 177 Å². The summed E-state index contributed by atoms with van der Waals surface area (Å²) in [5.74, 6) is -0.999. The lowest BCUT2D eigenvalue weighted by atomic mass is 10.2. The number of alkyl halides is 2. The third-order valence-electron chi connectivity index (χ3n) is 4.66. The Morgan fingerprint density at radius 2 is 1.71 bits per heavy atom. The minimum atomic E-state index is -2.90. The maximum Gasteiger partial charge on any atom is 0.387 e. The molecule has 0 heterocycles. The van der Waals surface area contributed by atoms with E-state index in [1.807, 2.05) is 0 Å². The molecule has 1 aliphatic rings. The van der Waals surface area contributed by atoms with Gasteiger partial charge in [0.2, 0.25) is 5.91 Å². The molecule has 0 bridgehead atoms. The van der Waals surface area contributed by atoms with Crippen molar-refractivity contribution in [1.29, 1.82) is 0 Å². The van der Waals surface area contributed by atoms with E-state index >= 15 is 0 Å². The van der Waals surface area contributed by atoms with Gasteiger partial charge in [0.05, 0.1) is 5.56 Å². The number of halogens is 2. The van der Waals surface area contributed by atoms with Crippen molar-refractivity contribution < 1.29 is 32.6 Å². The number of hydrogen-bond donors (Lipinski definition) is 1. The molecule has 0 spiro atoms. The fourth-order valence-electron chi connectivity index (χ4n) is 2.74. The minimum Gasteiger partial charge on any atom is -0.452 e. The first kappa shape index (κ1) is 22.2. The van der Waals surface area contributed by atoms with Crippen LogP contribution in [0.2, 0.25) is 0 Å². The zero-order valence-electron chi connectivity index (χ0n) is 16.8. The van der Waals surface area contributed by atoms with Crippen molar-refractivity contribution in [3.63, 3.8) is 0 Å². The van der Waals surface area contributed by atoms with E-state index in [-0.39, 0.29) is 29.7 Å². The van der Waals surface area contributed by atoms with E-state index in [0.29, 0.717) is 11.3 Å². The van der Waals surface area contributed by atoms with Crippen LogP contribution >= 0.6 is 0 Å². The van der Waals surface area contributed by atoms with Crippen LogP contribution in [0.5, 0.6) is 5.75 Å². The van der Waals surface area contributed by atoms with Crippen molar-refractivity contribution in [2.75, 3.05) is 19.0 Å². The normalized spacial score (nSPS) is 12.9. The van der Waals surface area contributed by atoms with Crippen LogP contribution in [0.15, 0.2) is 48.5 Å². The van der Waals surface area contributed by atoms with Gasteiger partial charge in [-0.05, 0) is 54.8 Å². The lowest BCUT2D eigenvalue weighted by molar-refractivity contribution is -0.133. The molecule has 9 heteroatoms. The van der Waals surface area contributed by atoms with Crippen LogP contribution in [0, 0.1) is 5.92 Å². The molecular weight excluding hydrogens is 410 g/mol. The molecule has 2 amide bonds. The Kier molecular flexibility index (Phi) is 7.17. The number of hydrogen-bond acceptors (Lipinski definition) is 5. The van der Waals surface area contributed by atoms with Gasteiger partial charge in [0, 0.05) is 25.2 Å². The van der Waals surface area contributed by atoms with Gasteiger partial charge in [0.15, 0.2) is 6.61 Å². The number of likely N-dealkylation sites (N-methyl/N-ethyl adjacent to an activating group) is 1. The first-order chi connectivity index (χ1) is 14.8. The number of benzene rings is 2. The van der Waals surface area contributed by atoms with Crippen molar-refractivity contribution in [1.82, 2.24) is 4.90 Å². The molecule has 0 radical (unpaired) electrons. The lowest BCUT2D eigenvalue weighted by Crippen LogP contribution is -2.30. The standard InChI is InChI=1S/C22H22F2N2O5/c1-26(12-14-2-10-18(11-3-14)31-22(23)24)19(27)13-30-21(29)16-6-8-17(9-7-16)25-20(28)15-4-5-15/h2-3,6-11,15,22H,4-5,12-13H2,1H3,(H,25,28). The third kappa shape index (κ3) is 6.77. The number of nitrogens with zero attached hydrogens (tertiary/aromatic N) is 1. The number of amides is 2. The first-order valence-corrected chi connectivity index (χ1v) is 9.67. The molecule has 0 aromatic heterocycles. The van der Waals surface area contributed by atoms with Gasteiger partial charge >= 0.3 is 12.6 Å². The van der Waals surface area contributed by atoms with Gasteiger partial charge < -0.3 is 19.7 Å². The molecule has 0 unspecified atom stereocenters. The Morgan fingerprint density at radius 3 is 2.29 bits per heavy atom. The molecule has 1 aliphatic carbocycles. The Bertz CT molecular complexity index is 928. The quantitative estimate of drug-likeness (QED) is 0.614. The largest absolute Gasteiger partial charge is 0.452 e. The highest BCUT2D eigenvalue weighted by Crippen LogP contribution is 2.30. The van der Waals surface area contributed by atoms with Gasteiger partial charge in [-0.25, -0.2) is 4.79 Å². The van der Waals surface area contributed by atoms with Crippen LogP contribution in [0.4, 0.5) is 14.5 Å². The van der Waals surface area contributed by atoms with Crippen LogP contribution in [0.3, 0.4) is 0 Å². The average Bonchev–Trinajstić information content (AvgIpc) is 3.59. The van der Waals surface area contributed by atoms with E-state index in [2.05, 4.69) is 10.1 Å². The fraction of sp³-hybridized carbons (Fsp3) is 0.318. The molecule has 1 N–H and O–H groups in total. The molecule has 2 aromatic rings. The van der Waals surface area contributed by atoms with E-state index in [9.17, 15) is 23.2 Å². The molecule has 0 saturated heterocycles. The zero-order chi connectivity index (χ0) is 22.4. The van der Waals surface area contributed by atoms with Crippen LogP contribution in [0.1, 0.15) is 28.8 Å². The molecular formula is C22H22F2N2O5. The van der Waals surface area contributed by atoms with Crippen molar-refractivity contribution in [3.05, 3.63) is 59.7 Å². The molecule has 3 rings (SSSR count). The number of rotatable bonds is 9. The van der Waals surface area contributed by atoms with E-state index < -0.39 is 25.1 Å². The summed E-state index contributed by atoms with van der Waals surface area (Å²) in [5, 5.41) is 2.77. The van der Waals surface area contributed by atoms with Crippen molar-refractivity contribution in [2.45, 2.75) is 26.0 Å². The molecule has 1 fully saturated rings. The fourth-order valence-corrected chi connectivity index (χ4v) is 2.74. The van der Waals surface area contributed by atoms with E-state index in [1.165, 1.54) is 36.2 Å². The van der Waals surface area contributed by atoms with Gasteiger partial charge in [0.1, 0.15) is 5.75 Å². The highest BCUT2D eigenvalue weighted by molar-refractivity contribution is 5.95. The topological polar surface area (TPSA) is 84.9 Å². The van der Waals surface area contributed by atoms with Gasteiger partial charge in [-0.3, -0.25) is 9.59 Å². The predicted octanol–water partition coefficient (Wildman–Crippen LogP) is 3.45. The van der Waals surface area contributed by atoms with Crippen LogP contribution in [0.25, 0.3) is 0 Å². The lowest BCUT2D eigenvalue weighted by Gasteiger charge is -2.17. The van der Waals surface area contributed by atoms with Gasteiger partial charge in [-0.1, -0.05) is 12.1 Å². The van der Waals surface area contributed by atoms with Gasteiger partial charge in [-0.2, -0.15) is 8.78 Å². The highest BCUT2D eigenvalue weighted by atomic mass is 19.3. The summed E-state index contributed by atoms with van der Waals surface area (Å²) in [6, 6.07) is 12.1. The predicted molar refractivity (Wildman–Crippen MR) is 108 cm³/mol. The van der Waals surface area contributed by atoms with Crippen molar-refractivity contribution in [2.24, 2.45) is 5.92 Å². The second-order valence-electron chi connectivity index (χ2n) is 7.19. The van der Waals surface area contributed by atoms with Crippen LogP contribution < -0.4 is 10.1 Å². The number of carbonyl (C=O) groups excluding carboxylic acids is 3. The average molecular weight is 432 g/mol. The number of carbonyl (C=O) groups is 3. The molecule has 0 aliphatic heterocycles. The molecule has 164 valence electrons. The number of nitrogens with one attached hydrogen (secondary N) is 1. The second-order valence-corrected chi connectivity index (χ2v) is 7.19. The summed E-state index contributed by atoms with van der Waals surface area (Å²) >= 11 is 0. The Balaban J connectivity index is 1.44. The van der Waals surface area contributed by atoms with Crippen LogP contribution in [-0.2, 0) is 20.9 Å². The minimum absolute atomic E-state index is 0.0276. The highest BCUT2D eigenvalue weighted by Gasteiger charge is 2.29. The maximum absolute atomic E-state index is 12.2. The number of esters is 1. The third-order valence-corrected chi connectivity index (χ3v) is 4.66. The summed E-state index contributed by atoms with van der Waals surface area (Å²) in [4.78, 5) is 37.5. The summed E-state index contributed by atoms with van der Waals surface area (Å²) in [6.07, 6.45) is 1.80. The van der Waals surface area contributed by atoms with E-state index in [0.717, 1.165) is 12.8 Å². The van der Waals surface area contributed by atoms with E-state index in [4.69, 9.17) is 4.74 Å². The van der Waals surface area contributed by atoms with Gasteiger partial charge in [-0.15, -0.1) is 0 Å². The van der Waals surface area contributed by atoms with Crippen LogP contribution in [-0.4, -0.2) is 42.9 Å². The Morgan fingerprint density at radius 1 is 1.06 bits per heavy atom. The Hall–Kier alpha value is -3.49. The zero-order valence-corrected chi connectivity index (χ0v) is 16.8. The van der Waals surface area contributed by atoms with Crippen molar-refractivity contribution in [3.8, 4) is 5.75 Å². The number of ether oxygens (including phenoxy) is 2. The monoisotopic (exact) mass is 432 g/mol. The first-order valence-electron chi connectivity index (χ1n) is 9.67. The smallest absolute Gasteiger partial charge is 0.387 e. The molecule has 0 atom stereocenters. The molecule has 2 aromatic carbocycles. The summed E-state index contributed by atoms with van der Waals surface area (Å²) in [5.41, 5.74) is 1.55.